The zero-order valence-corrected chi connectivity index (χ0v) is 12.8. The van der Waals surface area contributed by atoms with E-state index < -0.39 is 8.32 Å². The molecule has 0 aromatic heterocycles. The average Bonchev–Trinajstić information content (AvgIpc) is 2.85. The van der Waals surface area contributed by atoms with Crippen LogP contribution in [0.3, 0.4) is 0 Å². The Balaban J connectivity index is 2.16. The smallest absolute Gasteiger partial charge is 0.250 e. The standard InChI is InChI=1S/C15H28OSi/c1-4-17(5-2,6-3)16-15-12-8-10-13-9-7-11-14(13)15/h13H,4-12H2,1-3H3. The van der Waals surface area contributed by atoms with Gasteiger partial charge in [-0.05, 0) is 61.7 Å². The molecular formula is C15H28OSi. The highest BCUT2D eigenvalue weighted by molar-refractivity contribution is 6.73. The monoisotopic (exact) mass is 252 g/mol. The largest absolute Gasteiger partial charge is 0.547 e. The van der Waals surface area contributed by atoms with Crippen LogP contribution in [-0.2, 0) is 4.43 Å². The van der Waals surface area contributed by atoms with E-state index in [-0.39, 0.29) is 0 Å². The molecule has 2 rings (SSSR count). The highest BCUT2D eigenvalue weighted by Crippen LogP contribution is 2.43. The Morgan fingerprint density at radius 1 is 1.00 bits per heavy atom. The van der Waals surface area contributed by atoms with E-state index in [4.69, 9.17) is 4.43 Å². The Kier molecular flexibility index (Phi) is 4.35. The molecule has 0 radical (unpaired) electrons. The highest BCUT2D eigenvalue weighted by atomic mass is 28.4. The second-order valence-corrected chi connectivity index (χ2v) is 10.5. The lowest BCUT2D eigenvalue weighted by Gasteiger charge is -2.34. The summed E-state index contributed by atoms with van der Waals surface area (Å²) in [7, 11) is -1.42. The number of rotatable bonds is 5. The third-order valence-corrected chi connectivity index (χ3v) is 9.62. The molecule has 0 N–H and O–H groups in total. The molecule has 2 aliphatic carbocycles. The summed E-state index contributed by atoms with van der Waals surface area (Å²) in [5.41, 5.74) is 1.73. The maximum Gasteiger partial charge on any atom is 0.250 e. The van der Waals surface area contributed by atoms with Crippen LogP contribution in [0.4, 0.5) is 0 Å². The van der Waals surface area contributed by atoms with Gasteiger partial charge in [0.25, 0.3) is 0 Å². The lowest BCUT2D eigenvalue weighted by Crippen LogP contribution is -2.36. The van der Waals surface area contributed by atoms with Gasteiger partial charge in [0.15, 0.2) is 0 Å². The second-order valence-electron chi connectivity index (χ2n) is 5.78. The molecule has 0 heterocycles. The number of fused-ring (bicyclic) bond motifs is 1. The molecule has 0 aromatic carbocycles. The van der Waals surface area contributed by atoms with Crippen molar-refractivity contribution in [3.63, 3.8) is 0 Å². The van der Waals surface area contributed by atoms with Crippen molar-refractivity contribution in [3.8, 4) is 0 Å². The molecule has 0 spiro atoms. The Bertz CT molecular complexity index is 283. The van der Waals surface area contributed by atoms with Crippen molar-refractivity contribution in [2.24, 2.45) is 5.92 Å². The van der Waals surface area contributed by atoms with E-state index in [0.717, 1.165) is 5.92 Å². The third-order valence-electron chi connectivity index (χ3n) is 5.08. The van der Waals surface area contributed by atoms with Crippen molar-refractivity contribution in [1.82, 2.24) is 0 Å². The van der Waals surface area contributed by atoms with E-state index in [1.165, 1.54) is 62.4 Å². The highest BCUT2D eigenvalue weighted by Gasteiger charge is 2.35. The minimum absolute atomic E-state index is 0.899. The SMILES string of the molecule is CC[Si](CC)(CC)OC1=C2CCCC2CCC1. The van der Waals surface area contributed by atoms with Crippen LogP contribution in [0.5, 0.6) is 0 Å². The van der Waals surface area contributed by atoms with E-state index in [9.17, 15) is 0 Å². The summed E-state index contributed by atoms with van der Waals surface area (Å²) in [6, 6.07) is 3.84. The predicted molar refractivity (Wildman–Crippen MR) is 76.5 cm³/mol. The molecule has 0 amide bonds. The number of allylic oxidation sites excluding steroid dienone is 2. The van der Waals surface area contributed by atoms with Gasteiger partial charge in [0, 0.05) is 6.42 Å². The topological polar surface area (TPSA) is 9.23 Å². The van der Waals surface area contributed by atoms with Crippen molar-refractivity contribution in [2.75, 3.05) is 0 Å². The van der Waals surface area contributed by atoms with Gasteiger partial charge in [-0.2, -0.15) is 0 Å². The van der Waals surface area contributed by atoms with E-state index in [0.29, 0.717) is 0 Å². The van der Waals surface area contributed by atoms with Crippen LogP contribution in [0.15, 0.2) is 11.3 Å². The van der Waals surface area contributed by atoms with Gasteiger partial charge in [-0.3, -0.25) is 0 Å². The molecule has 0 aromatic rings. The fourth-order valence-corrected chi connectivity index (χ4v) is 6.31. The van der Waals surface area contributed by atoms with Crippen molar-refractivity contribution < 1.29 is 4.43 Å². The normalized spacial score (nSPS) is 25.0. The summed E-state index contributed by atoms with van der Waals surface area (Å²) >= 11 is 0. The first kappa shape index (κ1) is 13.2. The summed E-state index contributed by atoms with van der Waals surface area (Å²) < 4.78 is 6.66. The van der Waals surface area contributed by atoms with Gasteiger partial charge in [-0.1, -0.05) is 20.8 Å². The van der Waals surface area contributed by atoms with E-state index >= 15 is 0 Å². The zero-order valence-electron chi connectivity index (χ0n) is 11.8. The molecule has 1 nitrogen and oxygen atoms in total. The maximum absolute atomic E-state index is 6.66. The minimum atomic E-state index is -1.42. The Morgan fingerprint density at radius 3 is 2.18 bits per heavy atom. The summed E-state index contributed by atoms with van der Waals surface area (Å²) in [5.74, 6) is 2.35. The van der Waals surface area contributed by atoms with Gasteiger partial charge in [0.2, 0.25) is 8.32 Å². The maximum atomic E-state index is 6.66. The quantitative estimate of drug-likeness (QED) is 0.607. The molecule has 1 saturated carbocycles. The van der Waals surface area contributed by atoms with Crippen molar-refractivity contribution >= 4 is 8.32 Å². The molecule has 0 aliphatic heterocycles. The van der Waals surface area contributed by atoms with E-state index in [2.05, 4.69) is 20.8 Å². The molecule has 1 fully saturated rings. The first-order valence-electron chi connectivity index (χ1n) is 7.65. The van der Waals surface area contributed by atoms with E-state index in [1.54, 1.807) is 5.57 Å². The molecular weight excluding hydrogens is 224 g/mol. The second kappa shape index (κ2) is 5.60. The lowest BCUT2D eigenvalue weighted by molar-refractivity contribution is 0.339. The minimum Gasteiger partial charge on any atom is -0.547 e. The molecule has 1 atom stereocenters. The molecule has 0 saturated heterocycles. The van der Waals surface area contributed by atoms with Gasteiger partial charge < -0.3 is 4.43 Å². The summed E-state index contributed by atoms with van der Waals surface area (Å²) in [5, 5.41) is 0. The fourth-order valence-electron chi connectivity index (χ4n) is 3.62. The van der Waals surface area contributed by atoms with Gasteiger partial charge in [0.1, 0.15) is 0 Å². The van der Waals surface area contributed by atoms with Gasteiger partial charge in [-0.25, -0.2) is 0 Å². The first-order chi connectivity index (χ1) is 8.24. The van der Waals surface area contributed by atoms with Crippen LogP contribution in [-0.4, -0.2) is 8.32 Å². The third kappa shape index (κ3) is 2.62. The Morgan fingerprint density at radius 2 is 1.59 bits per heavy atom. The Hall–Kier alpha value is -0.243. The molecule has 2 heteroatoms. The van der Waals surface area contributed by atoms with Crippen LogP contribution in [0.25, 0.3) is 0 Å². The van der Waals surface area contributed by atoms with Crippen molar-refractivity contribution in [1.29, 1.82) is 0 Å². The van der Waals surface area contributed by atoms with Crippen LogP contribution in [0.2, 0.25) is 18.1 Å². The van der Waals surface area contributed by atoms with Gasteiger partial charge >= 0.3 is 0 Å². The zero-order chi connectivity index (χ0) is 12.3. The van der Waals surface area contributed by atoms with Crippen LogP contribution in [0, 0.1) is 5.92 Å². The summed E-state index contributed by atoms with van der Waals surface area (Å²) in [4.78, 5) is 0. The predicted octanol–water partition coefficient (Wildman–Crippen LogP) is 5.25. The van der Waals surface area contributed by atoms with Crippen LogP contribution in [0.1, 0.15) is 59.3 Å². The van der Waals surface area contributed by atoms with Gasteiger partial charge in [-0.15, -0.1) is 0 Å². The molecule has 17 heavy (non-hydrogen) atoms. The molecule has 1 unspecified atom stereocenters. The van der Waals surface area contributed by atoms with Crippen LogP contribution < -0.4 is 0 Å². The van der Waals surface area contributed by atoms with Crippen molar-refractivity contribution in [2.45, 2.75) is 77.4 Å². The fraction of sp³-hybridized carbons (Fsp3) is 0.867. The Labute approximate surface area is 108 Å². The molecule has 98 valence electrons. The summed E-state index contributed by atoms with van der Waals surface area (Å²) in [6.45, 7) is 7.00. The van der Waals surface area contributed by atoms with Gasteiger partial charge in [0.05, 0.1) is 5.76 Å². The van der Waals surface area contributed by atoms with Crippen molar-refractivity contribution in [3.05, 3.63) is 11.3 Å². The first-order valence-corrected chi connectivity index (χ1v) is 10.2. The summed E-state index contributed by atoms with van der Waals surface area (Å²) in [6.07, 6.45) is 8.21. The van der Waals surface area contributed by atoms with Crippen LogP contribution >= 0.6 is 0 Å². The number of hydrogen-bond donors (Lipinski definition) is 0. The van der Waals surface area contributed by atoms with E-state index in [1.807, 2.05) is 0 Å². The molecule has 0 bridgehead atoms. The lowest BCUT2D eigenvalue weighted by atomic mass is 9.89. The average molecular weight is 252 g/mol. The molecule has 2 aliphatic rings. The number of hydrogen-bond acceptors (Lipinski definition) is 1.